The molecule has 0 aliphatic heterocycles. The Morgan fingerprint density at radius 2 is 1.32 bits per heavy atom. The van der Waals surface area contributed by atoms with Gasteiger partial charge in [-0.15, -0.1) is 0 Å². The summed E-state index contributed by atoms with van der Waals surface area (Å²) in [5, 5.41) is 5.30. The number of alkyl carbamates (subject to hydrolysis) is 2. The number of alkyl halides is 3. The lowest BCUT2D eigenvalue weighted by molar-refractivity contribution is -0.157. The van der Waals surface area contributed by atoms with Crippen molar-refractivity contribution < 1.29 is 38.1 Å². The number of hydrogen-bond acceptors (Lipinski definition) is 8. The highest BCUT2D eigenvalue weighted by Crippen LogP contribution is 2.26. The first kappa shape index (κ1) is 45.6. The third-order valence-corrected chi connectivity index (χ3v) is 7.91. The summed E-state index contributed by atoms with van der Waals surface area (Å²) in [7, 11) is 0. The van der Waals surface area contributed by atoms with E-state index >= 15 is 0 Å². The zero-order valence-electron chi connectivity index (χ0n) is 30.4. The molecule has 0 unspecified atom stereocenters. The molecule has 0 spiro atoms. The molecule has 0 saturated heterocycles. The molecule has 50 heavy (non-hydrogen) atoms. The highest BCUT2D eigenvalue weighted by atomic mass is 35.6. The first-order valence-corrected chi connectivity index (χ1v) is 19.2. The predicted octanol–water partition coefficient (Wildman–Crippen LogP) is 9.89. The lowest BCUT2D eigenvalue weighted by Gasteiger charge is -2.23. The molecule has 0 aliphatic carbocycles. The summed E-state index contributed by atoms with van der Waals surface area (Å²) < 4.78 is 19.8. The maximum Gasteiger partial charge on any atom is 0.408 e. The standard InChI is InChI=1S/C37H59Cl3N2O8/c1-5-6-7-8-9-10-11-12-13-14-18-23-30(26-32(43)48-28-37(38,39)40)49-33(44)31(24-19-20-25-41-34(45)50-36(2,3)4)42-35(46)47-27-29-21-16-15-17-22-29/h15-17,21-22,30-31H,5-14,18-20,23-28H2,1-4H3,(H,41,45)(H,42,46)/t30-,31+/m1/s1. The molecule has 0 aromatic heterocycles. The summed E-state index contributed by atoms with van der Waals surface area (Å²) in [6, 6.07) is 8.09. The van der Waals surface area contributed by atoms with Gasteiger partial charge >= 0.3 is 24.1 Å². The summed E-state index contributed by atoms with van der Waals surface area (Å²) in [6.45, 7) is 7.43. The first-order valence-electron chi connectivity index (χ1n) is 18.1. The van der Waals surface area contributed by atoms with Crippen LogP contribution < -0.4 is 10.6 Å². The van der Waals surface area contributed by atoms with Crippen molar-refractivity contribution in [1.29, 1.82) is 0 Å². The molecular formula is C37H59Cl3N2O8. The Morgan fingerprint density at radius 1 is 0.740 bits per heavy atom. The van der Waals surface area contributed by atoms with Gasteiger partial charge in [0.2, 0.25) is 3.79 Å². The Kier molecular flexibility index (Phi) is 24.0. The van der Waals surface area contributed by atoms with Gasteiger partial charge in [0, 0.05) is 6.54 Å². The van der Waals surface area contributed by atoms with Crippen molar-refractivity contribution in [3.63, 3.8) is 0 Å². The van der Waals surface area contributed by atoms with Gasteiger partial charge in [0.15, 0.2) is 0 Å². The fraction of sp³-hybridized carbons (Fsp3) is 0.730. The van der Waals surface area contributed by atoms with Crippen molar-refractivity contribution in [3.8, 4) is 0 Å². The van der Waals surface area contributed by atoms with Crippen molar-refractivity contribution in [2.75, 3.05) is 13.2 Å². The second-order valence-electron chi connectivity index (χ2n) is 13.5. The molecule has 10 nitrogen and oxygen atoms in total. The van der Waals surface area contributed by atoms with Gasteiger partial charge in [-0.1, -0.05) is 136 Å². The Bertz CT molecular complexity index is 1100. The summed E-state index contributed by atoms with van der Waals surface area (Å²) in [5.41, 5.74) is 0.163. The first-order chi connectivity index (χ1) is 23.7. The average molecular weight is 766 g/mol. The van der Waals surface area contributed by atoms with E-state index < -0.39 is 52.3 Å². The topological polar surface area (TPSA) is 129 Å². The molecule has 0 saturated carbocycles. The van der Waals surface area contributed by atoms with Crippen LogP contribution in [0.3, 0.4) is 0 Å². The SMILES string of the molecule is CCCCCCCCCCCCC[C@H](CC(=O)OCC(Cl)(Cl)Cl)OC(=O)[C@H](CCCCNC(=O)OC(C)(C)C)NC(=O)OCc1ccccc1. The summed E-state index contributed by atoms with van der Waals surface area (Å²) >= 11 is 17.2. The van der Waals surface area contributed by atoms with Gasteiger partial charge in [-0.05, 0) is 58.4 Å². The molecule has 1 aromatic carbocycles. The number of carbonyl (C=O) groups is 4. The average Bonchev–Trinajstić information content (AvgIpc) is 3.03. The summed E-state index contributed by atoms with van der Waals surface area (Å²) in [4.78, 5) is 50.8. The number of rotatable bonds is 25. The van der Waals surface area contributed by atoms with Gasteiger partial charge in [0.25, 0.3) is 0 Å². The molecule has 13 heteroatoms. The molecule has 1 rings (SSSR count). The fourth-order valence-corrected chi connectivity index (χ4v) is 5.19. The van der Waals surface area contributed by atoms with Gasteiger partial charge in [0.1, 0.15) is 31.0 Å². The minimum Gasteiger partial charge on any atom is -0.461 e. The maximum absolute atomic E-state index is 13.5. The number of nitrogens with one attached hydrogen (secondary N) is 2. The number of unbranched alkanes of at least 4 members (excludes halogenated alkanes) is 11. The van der Waals surface area contributed by atoms with Crippen LogP contribution in [0, 0.1) is 0 Å². The largest absolute Gasteiger partial charge is 0.461 e. The molecule has 0 aliphatic rings. The predicted molar refractivity (Wildman–Crippen MR) is 198 cm³/mol. The van der Waals surface area contributed by atoms with Gasteiger partial charge < -0.3 is 29.6 Å². The van der Waals surface area contributed by atoms with Gasteiger partial charge in [-0.25, -0.2) is 14.4 Å². The zero-order valence-corrected chi connectivity index (χ0v) is 32.6. The highest BCUT2D eigenvalue weighted by molar-refractivity contribution is 6.67. The van der Waals surface area contributed by atoms with Crippen molar-refractivity contribution in [2.24, 2.45) is 0 Å². The van der Waals surface area contributed by atoms with Gasteiger partial charge in [-0.2, -0.15) is 0 Å². The van der Waals surface area contributed by atoms with Crippen LogP contribution in [-0.2, 0) is 35.1 Å². The van der Waals surface area contributed by atoms with E-state index in [1.807, 2.05) is 30.3 Å². The molecule has 286 valence electrons. The third-order valence-electron chi connectivity index (χ3n) is 7.58. The number of carbonyl (C=O) groups excluding carboxylic acids is 4. The van der Waals surface area contributed by atoms with E-state index in [0.717, 1.165) is 31.2 Å². The maximum atomic E-state index is 13.5. The van der Waals surface area contributed by atoms with E-state index in [2.05, 4.69) is 17.6 Å². The molecule has 2 N–H and O–H groups in total. The molecule has 2 amide bonds. The second kappa shape index (κ2) is 26.4. The lowest BCUT2D eigenvalue weighted by atomic mass is 10.0. The highest BCUT2D eigenvalue weighted by Gasteiger charge is 2.29. The summed E-state index contributed by atoms with van der Waals surface area (Å²) in [5.74, 6) is -1.37. The molecule has 0 bridgehead atoms. The second-order valence-corrected chi connectivity index (χ2v) is 16.1. The van der Waals surface area contributed by atoms with Crippen LogP contribution in [0.25, 0.3) is 0 Å². The third kappa shape index (κ3) is 26.4. The zero-order chi connectivity index (χ0) is 37.3. The van der Waals surface area contributed by atoms with Crippen LogP contribution in [-0.4, -0.2) is 58.8 Å². The minimum atomic E-state index is -1.77. The number of esters is 2. The smallest absolute Gasteiger partial charge is 0.408 e. The minimum absolute atomic E-state index is 0.0186. The molecule has 0 radical (unpaired) electrons. The van der Waals surface area contributed by atoms with Crippen LogP contribution in [0.15, 0.2) is 30.3 Å². The van der Waals surface area contributed by atoms with E-state index in [1.165, 1.54) is 44.9 Å². The van der Waals surface area contributed by atoms with E-state index in [4.69, 9.17) is 53.8 Å². The van der Waals surface area contributed by atoms with Crippen molar-refractivity contribution in [2.45, 2.75) is 159 Å². The molecule has 1 aromatic rings. The lowest BCUT2D eigenvalue weighted by Crippen LogP contribution is -2.43. The molecule has 2 atom stereocenters. The fourth-order valence-electron chi connectivity index (χ4n) is 5.03. The van der Waals surface area contributed by atoms with E-state index in [0.29, 0.717) is 25.8 Å². The Hall–Kier alpha value is -2.43. The van der Waals surface area contributed by atoms with Crippen LogP contribution in [0.5, 0.6) is 0 Å². The van der Waals surface area contributed by atoms with E-state index in [-0.39, 0.29) is 19.4 Å². The molecular weight excluding hydrogens is 707 g/mol. The van der Waals surface area contributed by atoms with Crippen molar-refractivity contribution >= 4 is 58.9 Å². The quantitative estimate of drug-likeness (QED) is 0.0436. The number of benzene rings is 1. The monoisotopic (exact) mass is 764 g/mol. The Labute approximate surface area is 314 Å². The number of hydrogen-bond donors (Lipinski definition) is 2. The number of halogens is 3. The van der Waals surface area contributed by atoms with Crippen molar-refractivity contribution in [3.05, 3.63) is 35.9 Å². The normalized spacial score (nSPS) is 12.8. The van der Waals surface area contributed by atoms with Gasteiger partial charge in [0.05, 0.1) is 6.42 Å². The van der Waals surface area contributed by atoms with Crippen LogP contribution >= 0.6 is 34.8 Å². The van der Waals surface area contributed by atoms with Gasteiger partial charge in [-0.3, -0.25) is 4.79 Å². The molecule has 0 fully saturated rings. The molecule has 0 heterocycles. The van der Waals surface area contributed by atoms with Crippen LogP contribution in [0.2, 0.25) is 0 Å². The van der Waals surface area contributed by atoms with Crippen LogP contribution in [0.4, 0.5) is 9.59 Å². The van der Waals surface area contributed by atoms with Crippen LogP contribution in [0.1, 0.15) is 136 Å². The Morgan fingerprint density at radius 3 is 1.90 bits per heavy atom. The van der Waals surface area contributed by atoms with Crippen molar-refractivity contribution in [1.82, 2.24) is 10.6 Å². The Balaban J connectivity index is 2.80. The number of ether oxygens (including phenoxy) is 4. The van der Waals surface area contributed by atoms with E-state index in [9.17, 15) is 19.2 Å². The van der Waals surface area contributed by atoms with E-state index in [1.54, 1.807) is 20.8 Å². The number of amides is 2. The summed E-state index contributed by atoms with van der Waals surface area (Å²) in [6.07, 6.45) is 11.9.